The number of carbonyl (C=O) groups is 4. The standard InChI is InChI=1S/C28H16F10O4/c29-25(30,27(33,34)35)23(41)13-21(39)17-9-5-15(6-10-17)19-3-1-2-4-20(19)16-7-11-18(12-8-16)22(40)14-24(42)26(31,32)28(36,37)38/h1-12H,13-14H2. The van der Waals surface area contributed by atoms with Crippen LogP contribution in [-0.4, -0.2) is 47.3 Å². The number of hydrogen-bond acceptors (Lipinski definition) is 4. The summed E-state index contributed by atoms with van der Waals surface area (Å²) < 4.78 is 127. The van der Waals surface area contributed by atoms with Crippen molar-refractivity contribution in [1.82, 2.24) is 0 Å². The fraction of sp³-hybridized carbons (Fsp3) is 0.214. The Balaban J connectivity index is 1.79. The van der Waals surface area contributed by atoms with Crippen LogP contribution in [0.2, 0.25) is 0 Å². The number of halogens is 10. The van der Waals surface area contributed by atoms with Gasteiger partial charge in [0.1, 0.15) is 0 Å². The number of alkyl halides is 10. The van der Waals surface area contributed by atoms with Gasteiger partial charge in [0, 0.05) is 11.1 Å². The van der Waals surface area contributed by atoms with Crippen LogP contribution in [-0.2, 0) is 9.59 Å². The molecule has 42 heavy (non-hydrogen) atoms. The van der Waals surface area contributed by atoms with Crippen LogP contribution in [0.1, 0.15) is 33.6 Å². The summed E-state index contributed by atoms with van der Waals surface area (Å²) in [7, 11) is 0. The molecule has 0 aliphatic rings. The van der Waals surface area contributed by atoms with E-state index < -0.39 is 60.2 Å². The van der Waals surface area contributed by atoms with Gasteiger partial charge in [-0.1, -0.05) is 72.8 Å². The molecule has 0 aromatic heterocycles. The predicted molar refractivity (Wildman–Crippen MR) is 127 cm³/mol. The van der Waals surface area contributed by atoms with Crippen molar-refractivity contribution in [3.05, 3.63) is 83.9 Å². The Morgan fingerprint density at radius 1 is 0.452 bits per heavy atom. The van der Waals surface area contributed by atoms with Crippen molar-refractivity contribution in [3.63, 3.8) is 0 Å². The monoisotopic (exact) mass is 606 g/mol. The summed E-state index contributed by atoms with van der Waals surface area (Å²) >= 11 is 0. The van der Waals surface area contributed by atoms with Crippen LogP contribution >= 0.6 is 0 Å². The van der Waals surface area contributed by atoms with E-state index in [2.05, 4.69) is 0 Å². The second-order valence-corrected chi connectivity index (χ2v) is 8.89. The van der Waals surface area contributed by atoms with Crippen molar-refractivity contribution < 1.29 is 63.1 Å². The molecular formula is C28H16F10O4. The minimum atomic E-state index is -6.15. The van der Waals surface area contributed by atoms with Crippen LogP contribution in [0.5, 0.6) is 0 Å². The van der Waals surface area contributed by atoms with Crippen LogP contribution in [0.4, 0.5) is 43.9 Å². The highest BCUT2D eigenvalue weighted by atomic mass is 19.4. The summed E-state index contributed by atoms with van der Waals surface area (Å²) in [5.74, 6) is -19.1. The number of ketones is 4. The zero-order valence-electron chi connectivity index (χ0n) is 20.8. The smallest absolute Gasteiger partial charge is 0.294 e. The van der Waals surface area contributed by atoms with Gasteiger partial charge in [0.05, 0.1) is 12.8 Å². The molecule has 0 amide bonds. The van der Waals surface area contributed by atoms with E-state index in [0.717, 1.165) is 24.3 Å². The number of rotatable bonds is 10. The van der Waals surface area contributed by atoms with Crippen molar-refractivity contribution in [2.24, 2.45) is 0 Å². The first kappa shape index (κ1) is 32.2. The van der Waals surface area contributed by atoms with E-state index >= 15 is 0 Å². The molecular weight excluding hydrogens is 590 g/mol. The average Bonchev–Trinajstić information content (AvgIpc) is 2.91. The Hall–Kier alpha value is -4.36. The molecule has 0 fully saturated rings. The molecule has 0 atom stereocenters. The maximum Gasteiger partial charge on any atom is 0.461 e. The van der Waals surface area contributed by atoms with Crippen LogP contribution in [0.15, 0.2) is 72.8 Å². The molecule has 0 aliphatic carbocycles. The van der Waals surface area contributed by atoms with Crippen molar-refractivity contribution in [1.29, 1.82) is 0 Å². The molecule has 0 unspecified atom stereocenters. The van der Waals surface area contributed by atoms with Crippen molar-refractivity contribution in [2.45, 2.75) is 37.0 Å². The van der Waals surface area contributed by atoms with Crippen molar-refractivity contribution >= 4 is 23.1 Å². The van der Waals surface area contributed by atoms with Crippen LogP contribution in [0.3, 0.4) is 0 Å². The normalized spacial score (nSPS) is 12.6. The van der Waals surface area contributed by atoms with E-state index in [0.29, 0.717) is 22.3 Å². The Kier molecular flexibility index (Phi) is 8.80. The second-order valence-electron chi connectivity index (χ2n) is 8.89. The van der Waals surface area contributed by atoms with Crippen LogP contribution < -0.4 is 0 Å². The first-order valence-corrected chi connectivity index (χ1v) is 11.6. The molecule has 0 spiro atoms. The predicted octanol–water partition coefficient (Wildman–Crippen LogP) is 7.70. The summed E-state index contributed by atoms with van der Waals surface area (Å²) in [4.78, 5) is 47.1. The maximum atomic E-state index is 13.2. The van der Waals surface area contributed by atoms with Gasteiger partial charge >= 0.3 is 24.2 Å². The van der Waals surface area contributed by atoms with Gasteiger partial charge < -0.3 is 0 Å². The summed E-state index contributed by atoms with van der Waals surface area (Å²) in [5, 5.41) is 0. The van der Waals surface area contributed by atoms with E-state index in [4.69, 9.17) is 0 Å². The molecule has 0 bridgehead atoms. The lowest BCUT2D eigenvalue weighted by atomic mass is 9.92. The lowest BCUT2D eigenvalue weighted by Crippen LogP contribution is -2.44. The van der Waals surface area contributed by atoms with Gasteiger partial charge in [-0.3, -0.25) is 19.2 Å². The minimum absolute atomic E-state index is 0.309. The minimum Gasteiger partial charge on any atom is -0.294 e. The largest absolute Gasteiger partial charge is 0.461 e. The van der Waals surface area contributed by atoms with Crippen molar-refractivity contribution in [3.8, 4) is 22.3 Å². The number of hydrogen-bond donors (Lipinski definition) is 0. The summed E-state index contributed by atoms with van der Waals surface area (Å²) in [5.41, 5.74) is 1.22. The van der Waals surface area contributed by atoms with Crippen LogP contribution in [0, 0.1) is 0 Å². The summed E-state index contributed by atoms with van der Waals surface area (Å²) in [6.45, 7) is 0. The van der Waals surface area contributed by atoms with E-state index in [-0.39, 0.29) is 11.1 Å². The number of carbonyl (C=O) groups excluding carboxylic acids is 4. The molecule has 222 valence electrons. The fourth-order valence-corrected chi connectivity index (χ4v) is 3.69. The van der Waals surface area contributed by atoms with E-state index in [9.17, 15) is 63.1 Å². The summed E-state index contributed by atoms with van der Waals surface area (Å²) in [6, 6.07) is 16.2. The lowest BCUT2D eigenvalue weighted by Gasteiger charge is -2.17. The Morgan fingerprint density at radius 2 is 0.738 bits per heavy atom. The molecule has 0 aliphatic heterocycles. The molecule has 0 saturated heterocycles. The molecule has 14 heteroatoms. The quantitative estimate of drug-likeness (QED) is 0.135. The molecule has 0 radical (unpaired) electrons. The number of Topliss-reactive ketones (excluding diaryl/α,β-unsaturated/α-hetero) is 4. The van der Waals surface area contributed by atoms with Gasteiger partial charge in [0.25, 0.3) is 0 Å². The molecule has 3 rings (SSSR count). The third kappa shape index (κ3) is 6.58. The van der Waals surface area contributed by atoms with Gasteiger partial charge in [0.2, 0.25) is 11.6 Å². The lowest BCUT2D eigenvalue weighted by molar-refractivity contribution is -0.268. The molecule has 4 nitrogen and oxygen atoms in total. The molecule has 3 aromatic carbocycles. The van der Waals surface area contributed by atoms with Gasteiger partial charge in [-0.05, 0) is 22.3 Å². The number of benzene rings is 3. The Labute approximate surface area is 229 Å². The van der Waals surface area contributed by atoms with Crippen LogP contribution in [0.25, 0.3) is 22.3 Å². The second kappa shape index (κ2) is 11.5. The topological polar surface area (TPSA) is 68.3 Å². The summed E-state index contributed by atoms with van der Waals surface area (Å²) in [6.07, 6.45) is -15.7. The van der Waals surface area contributed by atoms with Gasteiger partial charge in [0.15, 0.2) is 11.6 Å². The molecule has 0 saturated carbocycles. The third-order valence-electron chi connectivity index (χ3n) is 6.02. The zero-order chi connectivity index (χ0) is 31.7. The van der Waals surface area contributed by atoms with E-state index in [1.54, 1.807) is 24.3 Å². The third-order valence-corrected chi connectivity index (χ3v) is 6.02. The Bertz CT molecular complexity index is 1390. The average molecular weight is 606 g/mol. The molecule has 3 aromatic rings. The molecule has 0 heterocycles. The van der Waals surface area contributed by atoms with E-state index in [1.807, 2.05) is 0 Å². The highest BCUT2D eigenvalue weighted by molar-refractivity contribution is 6.11. The Morgan fingerprint density at radius 3 is 1.00 bits per heavy atom. The fourth-order valence-electron chi connectivity index (χ4n) is 3.69. The van der Waals surface area contributed by atoms with Gasteiger partial charge in [-0.25, -0.2) is 0 Å². The first-order valence-electron chi connectivity index (χ1n) is 11.6. The SMILES string of the molecule is O=C(CC(=O)C(F)(F)C(F)(F)F)c1ccc(-c2ccccc2-c2ccc(C(=O)CC(=O)C(F)(F)C(F)(F)F)cc2)cc1. The maximum absolute atomic E-state index is 13.2. The highest BCUT2D eigenvalue weighted by Gasteiger charge is 2.63. The van der Waals surface area contributed by atoms with Gasteiger partial charge in [-0.2, -0.15) is 43.9 Å². The highest BCUT2D eigenvalue weighted by Crippen LogP contribution is 2.38. The van der Waals surface area contributed by atoms with Gasteiger partial charge in [-0.15, -0.1) is 0 Å². The van der Waals surface area contributed by atoms with E-state index in [1.165, 1.54) is 24.3 Å². The molecule has 0 N–H and O–H groups in total. The first-order chi connectivity index (χ1) is 19.3. The van der Waals surface area contributed by atoms with Crippen molar-refractivity contribution in [2.75, 3.05) is 0 Å². The zero-order valence-corrected chi connectivity index (χ0v) is 20.8.